The van der Waals surface area contributed by atoms with Gasteiger partial charge in [0.2, 0.25) is 5.91 Å². The second-order valence-corrected chi connectivity index (χ2v) is 5.09. The van der Waals surface area contributed by atoms with Crippen LogP contribution in [0.3, 0.4) is 0 Å². The normalized spacial score (nSPS) is 17.3. The van der Waals surface area contributed by atoms with E-state index in [1.165, 1.54) is 6.92 Å². The van der Waals surface area contributed by atoms with Crippen molar-refractivity contribution in [2.24, 2.45) is 11.5 Å². The maximum absolute atomic E-state index is 12.0. The van der Waals surface area contributed by atoms with Gasteiger partial charge in [-0.1, -0.05) is 13.3 Å². The van der Waals surface area contributed by atoms with Crippen molar-refractivity contribution in [1.82, 2.24) is 0 Å². The first-order chi connectivity index (χ1) is 8.55. The Morgan fingerprint density at radius 2 is 1.74 bits per heavy atom. The second kappa shape index (κ2) is 6.63. The van der Waals surface area contributed by atoms with Crippen molar-refractivity contribution in [3.8, 4) is 0 Å². The SMILES string of the molecule is CCCC(C)(O)CC(=O)[C@](N)(CCC(N)=O)C(=O)O. The highest BCUT2D eigenvalue weighted by Crippen LogP contribution is 2.22. The van der Waals surface area contributed by atoms with Crippen LogP contribution in [0.25, 0.3) is 0 Å². The molecule has 6 N–H and O–H groups in total. The van der Waals surface area contributed by atoms with E-state index in [2.05, 4.69) is 0 Å². The van der Waals surface area contributed by atoms with E-state index in [1.807, 2.05) is 6.92 Å². The predicted molar refractivity (Wildman–Crippen MR) is 68.1 cm³/mol. The molecule has 110 valence electrons. The second-order valence-electron chi connectivity index (χ2n) is 5.09. The van der Waals surface area contributed by atoms with Gasteiger partial charge in [0.1, 0.15) is 0 Å². The first-order valence-corrected chi connectivity index (χ1v) is 6.11. The van der Waals surface area contributed by atoms with Crippen LogP contribution in [0.2, 0.25) is 0 Å². The van der Waals surface area contributed by atoms with Crippen molar-refractivity contribution in [2.75, 3.05) is 0 Å². The van der Waals surface area contributed by atoms with E-state index in [0.717, 1.165) is 0 Å². The number of Topliss-reactive ketones (excluding diaryl/α,β-unsaturated/α-hetero) is 1. The van der Waals surface area contributed by atoms with Crippen molar-refractivity contribution in [1.29, 1.82) is 0 Å². The minimum atomic E-state index is -2.19. The minimum Gasteiger partial charge on any atom is -0.480 e. The lowest BCUT2D eigenvalue weighted by molar-refractivity contribution is -0.150. The lowest BCUT2D eigenvalue weighted by Crippen LogP contribution is -2.56. The maximum atomic E-state index is 12.0. The standard InChI is InChI=1S/C12H22N2O5/c1-3-5-11(2,19)7-8(15)12(14,10(17)18)6-4-9(13)16/h19H,3-7,14H2,1-2H3,(H2,13,16)(H,17,18)/t11?,12-/m1/s1. The third-order valence-electron chi connectivity index (χ3n) is 2.97. The van der Waals surface area contributed by atoms with Crippen LogP contribution in [-0.2, 0) is 14.4 Å². The summed E-state index contributed by atoms with van der Waals surface area (Å²) in [5.41, 5.74) is 7.00. The Kier molecular flexibility index (Phi) is 6.11. The molecule has 0 spiro atoms. The molecule has 0 fully saturated rings. The molecule has 0 aliphatic heterocycles. The number of carbonyl (C=O) groups is 3. The van der Waals surface area contributed by atoms with Crippen molar-refractivity contribution in [2.45, 2.75) is 57.1 Å². The fraction of sp³-hybridized carbons (Fsp3) is 0.750. The van der Waals surface area contributed by atoms with E-state index in [0.29, 0.717) is 12.8 Å². The van der Waals surface area contributed by atoms with Crippen molar-refractivity contribution in [3.63, 3.8) is 0 Å². The van der Waals surface area contributed by atoms with Crippen molar-refractivity contribution in [3.05, 3.63) is 0 Å². The molecule has 0 aromatic carbocycles. The average Bonchev–Trinajstić information content (AvgIpc) is 2.24. The molecule has 0 saturated heterocycles. The number of carboxylic acids is 1. The zero-order valence-corrected chi connectivity index (χ0v) is 11.3. The van der Waals surface area contributed by atoms with Gasteiger partial charge in [-0.15, -0.1) is 0 Å². The lowest BCUT2D eigenvalue weighted by Gasteiger charge is -2.28. The Balaban J connectivity index is 4.93. The first kappa shape index (κ1) is 17.5. The zero-order valence-electron chi connectivity index (χ0n) is 11.3. The number of ketones is 1. The van der Waals surface area contributed by atoms with E-state index < -0.39 is 28.8 Å². The molecule has 0 aromatic heterocycles. The van der Waals surface area contributed by atoms with Crippen LogP contribution < -0.4 is 11.5 Å². The Morgan fingerprint density at radius 1 is 1.21 bits per heavy atom. The molecule has 1 unspecified atom stereocenters. The molecule has 7 nitrogen and oxygen atoms in total. The summed E-state index contributed by atoms with van der Waals surface area (Å²) >= 11 is 0. The molecule has 0 radical (unpaired) electrons. The fourth-order valence-electron chi connectivity index (χ4n) is 1.82. The Hall–Kier alpha value is -1.47. The summed E-state index contributed by atoms with van der Waals surface area (Å²) < 4.78 is 0. The van der Waals surface area contributed by atoms with E-state index in [4.69, 9.17) is 16.6 Å². The molecule has 2 atom stereocenters. The number of primary amides is 1. The van der Waals surface area contributed by atoms with E-state index >= 15 is 0 Å². The number of rotatable bonds is 9. The van der Waals surface area contributed by atoms with Gasteiger partial charge in [-0.3, -0.25) is 9.59 Å². The highest BCUT2D eigenvalue weighted by Gasteiger charge is 2.44. The van der Waals surface area contributed by atoms with Gasteiger partial charge in [-0.05, 0) is 19.8 Å². The lowest BCUT2D eigenvalue weighted by atomic mass is 9.82. The summed E-state index contributed by atoms with van der Waals surface area (Å²) in [7, 11) is 0. The van der Waals surface area contributed by atoms with Crippen LogP contribution in [0, 0.1) is 0 Å². The molecular weight excluding hydrogens is 252 g/mol. The molecule has 0 saturated carbocycles. The molecular formula is C12H22N2O5. The van der Waals surface area contributed by atoms with Crippen LogP contribution in [0.15, 0.2) is 0 Å². The van der Waals surface area contributed by atoms with Gasteiger partial charge in [0.05, 0.1) is 5.60 Å². The predicted octanol–water partition coefficient (Wildman–Crippen LogP) is -0.456. The maximum Gasteiger partial charge on any atom is 0.331 e. The summed E-state index contributed by atoms with van der Waals surface area (Å²) in [6, 6.07) is 0. The molecule has 19 heavy (non-hydrogen) atoms. The monoisotopic (exact) mass is 274 g/mol. The molecule has 0 aromatic rings. The quantitative estimate of drug-likeness (QED) is 0.419. The zero-order chi connectivity index (χ0) is 15.3. The topological polar surface area (TPSA) is 144 Å². The van der Waals surface area contributed by atoms with E-state index in [-0.39, 0.29) is 19.3 Å². The molecule has 7 heteroatoms. The minimum absolute atomic E-state index is 0.301. The summed E-state index contributed by atoms with van der Waals surface area (Å²) in [5, 5.41) is 19.0. The number of hydrogen-bond acceptors (Lipinski definition) is 5. The molecule has 0 rings (SSSR count). The third-order valence-corrected chi connectivity index (χ3v) is 2.97. The number of hydrogen-bond donors (Lipinski definition) is 4. The van der Waals surface area contributed by atoms with Gasteiger partial charge < -0.3 is 21.7 Å². The summed E-state index contributed by atoms with van der Waals surface area (Å²) in [6.45, 7) is 3.28. The van der Waals surface area contributed by atoms with Crippen LogP contribution in [0.1, 0.15) is 46.0 Å². The Bertz CT molecular complexity index is 367. The highest BCUT2D eigenvalue weighted by molar-refractivity contribution is 6.08. The van der Waals surface area contributed by atoms with E-state index in [1.54, 1.807) is 0 Å². The summed E-state index contributed by atoms with van der Waals surface area (Å²) in [4.78, 5) is 33.8. The number of carbonyl (C=O) groups excluding carboxylic acids is 2. The first-order valence-electron chi connectivity index (χ1n) is 6.11. The largest absolute Gasteiger partial charge is 0.480 e. The molecule has 0 aliphatic carbocycles. The van der Waals surface area contributed by atoms with Crippen LogP contribution in [0.4, 0.5) is 0 Å². The van der Waals surface area contributed by atoms with Crippen LogP contribution in [0.5, 0.6) is 0 Å². The molecule has 0 heterocycles. The fourth-order valence-corrected chi connectivity index (χ4v) is 1.82. The van der Waals surface area contributed by atoms with Gasteiger partial charge in [-0.25, -0.2) is 4.79 Å². The number of nitrogens with two attached hydrogens (primary N) is 2. The highest BCUT2D eigenvalue weighted by atomic mass is 16.4. The molecule has 0 aliphatic rings. The van der Waals surface area contributed by atoms with Gasteiger partial charge in [0, 0.05) is 12.8 Å². The summed E-state index contributed by atoms with van der Waals surface area (Å²) in [6.07, 6.45) is -0.0535. The average molecular weight is 274 g/mol. The Labute approximate surface area is 112 Å². The number of carboxylic acid groups (broad SMARTS) is 1. The van der Waals surface area contributed by atoms with Crippen LogP contribution in [-0.4, -0.2) is 39.0 Å². The smallest absolute Gasteiger partial charge is 0.331 e. The van der Waals surface area contributed by atoms with Gasteiger partial charge >= 0.3 is 5.97 Å². The number of amides is 1. The van der Waals surface area contributed by atoms with Gasteiger partial charge in [-0.2, -0.15) is 0 Å². The van der Waals surface area contributed by atoms with Gasteiger partial charge in [0.25, 0.3) is 0 Å². The number of aliphatic carboxylic acids is 1. The number of aliphatic hydroxyl groups is 1. The van der Waals surface area contributed by atoms with Crippen LogP contribution >= 0.6 is 0 Å². The van der Waals surface area contributed by atoms with E-state index in [9.17, 15) is 19.5 Å². The van der Waals surface area contributed by atoms with Crippen molar-refractivity contribution >= 4 is 17.7 Å². The van der Waals surface area contributed by atoms with Gasteiger partial charge in [0.15, 0.2) is 11.3 Å². The third kappa shape index (κ3) is 5.35. The molecule has 0 bridgehead atoms. The Morgan fingerprint density at radius 3 is 2.11 bits per heavy atom. The molecule has 1 amide bonds. The summed E-state index contributed by atoms with van der Waals surface area (Å²) in [5.74, 6) is -3.06. The van der Waals surface area contributed by atoms with Crippen molar-refractivity contribution < 1.29 is 24.6 Å².